The summed E-state index contributed by atoms with van der Waals surface area (Å²) in [5, 5.41) is 8.32. The number of aromatic nitrogens is 2. The van der Waals surface area contributed by atoms with Gasteiger partial charge in [-0.05, 0) is 71.8 Å². The van der Waals surface area contributed by atoms with Crippen molar-refractivity contribution in [1.29, 1.82) is 0 Å². The van der Waals surface area contributed by atoms with Crippen LogP contribution in [0.2, 0.25) is 0 Å². The standard InChI is InChI=1S/C21H24N4OS/c1-27-20-7-3-2-6-17(20)16-10-18-21(23-26-22-18)19(11-16)25-13-15(14-25)12-24-8-4-5-9-24/h2-3,6-7,10-11,15H,4-5,8-9,12-14H2,1H3. The lowest BCUT2D eigenvalue weighted by molar-refractivity contribution is 0.247. The molecule has 5 rings (SSSR count). The van der Waals surface area contributed by atoms with E-state index in [1.807, 2.05) is 0 Å². The average Bonchev–Trinajstić information content (AvgIpc) is 3.35. The van der Waals surface area contributed by atoms with Gasteiger partial charge in [0, 0.05) is 30.4 Å². The van der Waals surface area contributed by atoms with Gasteiger partial charge in [-0.1, -0.05) is 18.2 Å². The minimum atomic E-state index is 0.750. The maximum Gasteiger partial charge on any atom is 0.158 e. The van der Waals surface area contributed by atoms with E-state index in [9.17, 15) is 0 Å². The minimum Gasteiger partial charge on any atom is -0.369 e. The highest BCUT2D eigenvalue weighted by Gasteiger charge is 2.31. The highest BCUT2D eigenvalue weighted by atomic mass is 32.2. The van der Waals surface area contributed by atoms with Gasteiger partial charge in [0.2, 0.25) is 0 Å². The Morgan fingerprint density at radius 3 is 2.74 bits per heavy atom. The predicted octanol–water partition coefficient (Wildman–Crippen LogP) is 4.14. The first-order valence-corrected chi connectivity index (χ1v) is 10.9. The molecule has 2 aliphatic heterocycles. The molecule has 27 heavy (non-hydrogen) atoms. The molecule has 0 radical (unpaired) electrons. The second-order valence-corrected chi connectivity index (χ2v) is 8.45. The Kier molecular flexibility index (Phi) is 4.53. The maximum absolute atomic E-state index is 5.07. The third-order valence-electron chi connectivity index (χ3n) is 5.77. The highest BCUT2D eigenvalue weighted by Crippen LogP contribution is 2.38. The van der Waals surface area contributed by atoms with E-state index < -0.39 is 0 Å². The smallest absolute Gasteiger partial charge is 0.158 e. The molecule has 140 valence electrons. The van der Waals surface area contributed by atoms with Crippen LogP contribution in [0.1, 0.15) is 12.8 Å². The first kappa shape index (κ1) is 17.1. The van der Waals surface area contributed by atoms with Crippen molar-refractivity contribution in [3.8, 4) is 11.1 Å². The zero-order valence-electron chi connectivity index (χ0n) is 15.6. The van der Waals surface area contributed by atoms with Crippen LogP contribution in [-0.4, -0.2) is 54.2 Å². The topological polar surface area (TPSA) is 45.4 Å². The Balaban J connectivity index is 1.43. The number of fused-ring (bicyclic) bond motifs is 1. The Bertz CT molecular complexity index is 944. The normalized spacial score (nSPS) is 18.3. The summed E-state index contributed by atoms with van der Waals surface area (Å²) in [4.78, 5) is 6.31. The Morgan fingerprint density at radius 2 is 1.93 bits per heavy atom. The molecule has 3 aromatic rings. The molecule has 0 spiro atoms. The van der Waals surface area contributed by atoms with Crippen molar-refractivity contribution in [2.45, 2.75) is 17.7 Å². The third kappa shape index (κ3) is 3.21. The van der Waals surface area contributed by atoms with E-state index in [4.69, 9.17) is 4.63 Å². The zero-order valence-corrected chi connectivity index (χ0v) is 16.4. The molecule has 0 atom stereocenters. The average molecular weight is 381 g/mol. The van der Waals surface area contributed by atoms with E-state index in [-0.39, 0.29) is 0 Å². The molecule has 0 aliphatic carbocycles. The molecule has 5 nitrogen and oxygen atoms in total. The van der Waals surface area contributed by atoms with Crippen LogP contribution in [0, 0.1) is 5.92 Å². The van der Waals surface area contributed by atoms with E-state index >= 15 is 0 Å². The third-order valence-corrected chi connectivity index (χ3v) is 6.57. The molecule has 3 heterocycles. The fourth-order valence-corrected chi connectivity index (χ4v) is 4.99. The van der Waals surface area contributed by atoms with Gasteiger partial charge in [0.05, 0.1) is 5.69 Å². The van der Waals surface area contributed by atoms with E-state index in [0.29, 0.717) is 0 Å². The second kappa shape index (κ2) is 7.17. The van der Waals surface area contributed by atoms with Gasteiger partial charge in [-0.3, -0.25) is 0 Å². The van der Waals surface area contributed by atoms with Crippen LogP contribution in [0.5, 0.6) is 0 Å². The molecule has 2 aliphatic rings. The number of nitrogens with zero attached hydrogens (tertiary/aromatic N) is 4. The molecule has 6 heteroatoms. The minimum absolute atomic E-state index is 0.750. The van der Waals surface area contributed by atoms with Crippen molar-refractivity contribution < 1.29 is 4.63 Å². The Morgan fingerprint density at radius 1 is 1.11 bits per heavy atom. The van der Waals surface area contributed by atoms with Gasteiger partial charge in [0.15, 0.2) is 5.52 Å². The quantitative estimate of drug-likeness (QED) is 0.620. The fourth-order valence-electron chi connectivity index (χ4n) is 4.36. The summed E-state index contributed by atoms with van der Waals surface area (Å²) in [5.74, 6) is 0.750. The van der Waals surface area contributed by atoms with Gasteiger partial charge in [-0.2, -0.15) is 0 Å². The predicted molar refractivity (Wildman–Crippen MR) is 110 cm³/mol. The van der Waals surface area contributed by atoms with Crippen molar-refractivity contribution in [3.05, 3.63) is 36.4 Å². The van der Waals surface area contributed by atoms with Crippen molar-refractivity contribution in [3.63, 3.8) is 0 Å². The lowest BCUT2D eigenvalue weighted by Crippen LogP contribution is -2.51. The van der Waals surface area contributed by atoms with E-state index in [0.717, 1.165) is 35.7 Å². The lowest BCUT2D eigenvalue weighted by Gasteiger charge is -2.42. The summed E-state index contributed by atoms with van der Waals surface area (Å²) in [7, 11) is 0. The maximum atomic E-state index is 5.07. The first-order valence-electron chi connectivity index (χ1n) is 9.69. The summed E-state index contributed by atoms with van der Waals surface area (Å²) in [6, 6.07) is 12.9. The van der Waals surface area contributed by atoms with Gasteiger partial charge in [0.1, 0.15) is 5.52 Å². The molecule has 2 saturated heterocycles. The molecule has 1 aromatic heterocycles. The summed E-state index contributed by atoms with van der Waals surface area (Å²) >= 11 is 1.77. The molecule has 0 bridgehead atoms. The Labute approximate surface area is 163 Å². The SMILES string of the molecule is CSc1ccccc1-c1cc(N2CC(CN3CCCC3)C2)c2nonc2c1. The number of hydrogen-bond acceptors (Lipinski definition) is 6. The van der Waals surface area contributed by atoms with Crippen LogP contribution in [0.3, 0.4) is 0 Å². The highest BCUT2D eigenvalue weighted by molar-refractivity contribution is 7.98. The van der Waals surface area contributed by atoms with Crippen molar-refractivity contribution in [2.75, 3.05) is 43.9 Å². The fraction of sp³-hybridized carbons (Fsp3) is 0.429. The number of benzene rings is 2. The van der Waals surface area contributed by atoms with Gasteiger partial charge < -0.3 is 9.80 Å². The van der Waals surface area contributed by atoms with Crippen LogP contribution in [0.15, 0.2) is 45.9 Å². The van der Waals surface area contributed by atoms with E-state index in [1.165, 1.54) is 48.5 Å². The molecule has 0 amide bonds. The summed E-state index contributed by atoms with van der Waals surface area (Å²) in [6.45, 7) is 5.95. The van der Waals surface area contributed by atoms with Crippen molar-refractivity contribution in [2.24, 2.45) is 5.92 Å². The van der Waals surface area contributed by atoms with Gasteiger partial charge in [-0.25, -0.2) is 4.63 Å². The van der Waals surface area contributed by atoms with Gasteiger partial charge in [0.25, 0.3) is 0 Å². The summed E-state index contributed by atoms with van der Waals surface area (Å²) in [6.07, 6.45) is 4.84. The molecular weight excluding hydrogens is 356 g/mol. The van der Waals surface area contributed by atoms with Crippen LogP contribution < -0.4 is 4.90 Å². The number of thioether (sulfide) groups is 1. The van der Waals surface area contributed by atoms with E-state index in [2.05, 4.69) is 62.8 Å². The van der Waals surface area contributed by atoms with E-state index in [1.54, 1.807) is 11.8 Å². The second-order valence-electron chi connectivity index (χ2n) is 7.61. The number of likely N-dealkylation sites (tertiary alicyclic amines) is 1. The molecule has 0 N–H and O–H groups in total. The molecular formula is C21H24N4OS. The monoisotopic (exact) mass is 380 g/mol. The Hall–Kier alpha value is -2.05. The first-order chi connectivity index (χ1) is 13.3. The van der Waals surface area contributed by atoms with Crippen LogP contribution >= 0.6 is 11.8 Å². The number of anilines is 1. The summed E-state index contributed by atoms with van der Waals surface area (Å²) < 4.78 is 5.07. The molecule has 2 fully saturated rings. The van der Waals surface area contributed by atoms with Crippen LogP contribution in [0.25, 0.3) is 22.2 Å². The van der Waals surface area contributed by atoms with Crippen molar-refractivity contribution >= 4 is 28.5 Å². The van der Waals surface area contributed by atoms with Gasteiger partial charge in [-0.15, -0.1) is 11.8 Å². The molecule has 0 unspecified atom stereocenters. The van der Waals surface area contributed by atoms with Crippen LogP contribution in [0.4, 0.5) is 5.69 Å². The van der Waals surface area contributed by atoms with Crippen LogP contribution in [-0.2, 0) is 0 Å². The van der Waals surface area contributed by atoms with Gasteiger partial charge >= 0.3 is 0 Å². The zero-order chi connectivity index (χ0) is 18.2. The summed E-state index contributed by atoms with van der Waals surface area (Å²) in [5.41, 5.74) is 5.28. The largest absolute Gasteiger partial charge is 0.369 e. The number of hydrogen-bond donors (Lipinski definition) is 0. The molecule has 2 aromatic carbocycles. The number of rotatable bonds is 5. The molecule has 0 saturated carbocycles. The lowest BCUT2D eigenvalue weighted by atomic mass is 9.96. The van der Waals surface area contributed by atoms with Crippen molar-refractivity contribution in [1.82, 2.24) is 15.2 Å².